The third-order valence-electron chi connectivity index (χ3n) is 4.49. The van der Waals surface area contributed by atoms with Crippen molar-refractivity contribution >= 4 is 33.4 Å². The molecule has 3 rings (SSSR count). The molecule has 3 N–H and O–H groups in total. The maximum Gasteiger partial charge on any atom is 0.267 e. The zero-order valence-electron chi connectivity index (χ0n) is 15.1. The number of primary amides is 1. The molecule has 1 fully saturated rings. The lowest BCUT2D eigenvalue weighted by Gasteiger charge is -2.24. The maximum atomic E-state index is 12.9. The number of nitrogens with one attached hydrogen (secondary N) is 1. The number of amides is 3. The fourth-order valence-corrected chi connectivity index (χ4v) is 4.65. The molecule has 28 heavy (non-hydrogen) atoms. The van der Waals surface area contributed by atoms with Crippen LogP contribution in [0.2, 0.25) is 0 Å². The number of carbonyl (C=O) groups is 3. The van der Waals surface area contributed by atoms with E-state index in [1.165, 1.54) is 24.3 Å². The van der Waals surface area contributed by atoms with Crippen molar-refractivity contribution in [2.24, 2.45) is 5.73 Å². The Balaban J connectivity index is 1.91. The van der Waals surface area contributed by atoms with Gasteiger partial charge >= 0.3 is 0 Å². The second kappa shape index (κ2) is 7.43. The average Bonchev–Trinajstić information content (AvgIpc) is 3.05. The molecule has 0 unspecified atom stereocenters. The molecule has 9 heteroatoms. The standard InChI is InChI=1S/C19H19N3O5S/c1-12-6-8-13(9-7-12)28(26,27)22-16(10-11-17(22)23)19(25)21-15-5-3-2-4-14(15)18(20)24/h2-9,16H,10-11H2,1H3,(H2,20,24)(H,21,25)/t16-/m0/s1. The van der Waals surface area contributed by atoms with Crippen molar-refractivity contribution in [2.75, 3.05) is 5.32 Å². The number of carbonyl (C=O) groups excluding carboxylic acids is 3. The van der Waals surface area contributed by atoms with Crippen LogP contribution in [0.1, 0.15) is 28.8 Å². The molecule has 0 spiro atoms. The van der Waals surface area contributed by atoms with Gasteiger partial charge < -0.3 is 11.1 Å². The first-order valence-corrected chi connectivity index (χ1v) is 9.99. The largest absolute Gasteiger partial charge is 0.366 e. The van der Waals surface area contributed by atoms with Crippen molar-refractivity contribution in [3.63, 3.8) is 0 Å². The minimum Gasteiger partial charge on any atom is -0.366 e. The van der Waals surface area contributed by atoms with E-state index in [-0.39, 0.29) is 29.0 Å². The lowest BCUT2D eigenvalue weighted by Crippen LogP contribution is -2.45. The zero-order valence-corrected chi connectivity index (χ0v) is 15.9. The lowest BCUT2D eigenvalue weighted by atomic mass is 10.1. The minimum absolute atomic E-state index is 0.0501. The van der Waals surface area contributed by atoms with Crippen LogP contribution < -0.4 is 11.1 Å². The Kier molecular flexibility index (Phi) is 5.19. The summed E-state index contributed by atoms with van der Waals surface area (Å²) in [5, 5.41) is 2.52. The predicted molar refractivity (Wildman–Crippen MR) is 102 cm³/mol. The number of nitrogens with zero attached hydrogens (tertiary/aromatic N) is 1. The van der Waals surface area contributed by atoms with E-state index in [0.717, 1.165) is 5.56 Å². The molecule has 146 valence electrons. The smallest absolute Gasteiger partial charge is 0.267 e. The van der Waals surface area contributed by atoms with Gasteiger partial charge in [0.15, 0.2) is 0 Å². The fourth-order valence-electron chi connectivity index (χ4n) is 3.05. The summed E-state index contributed by atoms with van der Waals surface area (Å²) < 4.78 is 26.5. The summed E-state index contributed by atoms with van der Waals surface area (Å²) in [6, 6.07) is 10.9. The van der Waals surface area contributed by atoms with Crippen molar-refractivity contribution in [1.82, 2.24) is 4.31 Å². The third kappa shape index (κ3) is 3.61. The van der Waals surface area contributed by atoms with Crippen LogP contribution in [0.25, 0.3) is 0 Å². The molecule has 0 aromatic heterocycles. The fraction of sp³-hybridized carbons (Fsp3) is 0.211. The summed E-state index contributed by atoms with van der Waals surface area (Å²) in [4.78, 5) is 36.5. The van der Waals surface area contributed by atoms with Gasteiger partial charge in [-0.1, -0.05) is 29.8 Å². The summed E-state index contributed by atoms with van der Waals surface area (Å²) in [6.45, 7) is 1.81. The van der Waals surface area contributed by atoms with Crippen LogP contribution in [0.3, 0.4) is 0 Å². The number of nitrogens with two attached hydrogens (primary N) is 1. The van der Waals surface area contributed by atoms with E-state index in [0.29, 0.717) is 4.31 Å². The number of hydrogen-bond acceptors (Lipinski definition) is 5. The third-order valence-corrected chi connectivity index (χ3v) is 6.34. The molecular weight excluding hydrogens is 382 g/mol. The molecule has 2 aromatic carbocycles. The summed E-state index contributed by atoms with van der Waals surface area (Å²) in [5.74, 6) is -2.08. The van der Waals surface area contributed by atoms with Gasteiger partial charge in [-0.2, -0.15) is 0 Å². The Morgan fingerprint density at radius 3 is 2.39 bits per heavy atom. The Morgan fingerprint density at radius 2 is 1.75 bits per heavy atom. The molecule has 1 aliphatic heterocycles. The van der Waals surface area contributed by atoms with Crippen LogP contribution in [0, 0.1) is 6.92 Å². The van der Waals surface area contributed by atoms with E-state index in [2.05, 4.69) is 5.32 Å². The normalized spacial score (nSPS) is 16.8. The van der Waals surface area contributed by atoms with Gasteiger partial charge in [0.25, 0.3) is 15.9 Å². The molecular formula is C19H19N3O5S. The summed E-state index contributed by atoms with van der Waals surface area (Å²) in [5.41, 5.74) is 6.41. The number of sulfonamides is 1. The summed E-state index contributed by atoms with van der Waals surface area (Å²) in [6.07, 6.45) is -0.0187. The number of benzene rings is 2. The molecule has 1 aliphatic rings. The first-order chi connectivity index (χ1) is 13.2. The second-order valence-corrected chi connectivity index (χ2v) is 8.28. The molecule has 0 bridgehead atoms. The SMILES string of the molecule is Cc1ccc(S(=O)(=O)N2C(=O)CC[C@H]2C(=O)Nc2ccccc2C(N)=O)cc1. The van der Waals surface area contributed by atoms with Crippen molar-refractivity contribution in [2.45, 2.75) is 30.7 Å². The van der Waals surface area contributed by atoms with E-state index in [1.807, 2.05) is 6.92 Å². The number of hydrogen-bond donors (Lipinski definition) is 2. The molecule has 3 amide bonds. The van der Waals surface area contributed by atoms with Crippen molar-refractivity contribution < 1.29 is 22.8 Å². The highest BCUT2D eigenvalue weighted by Gasteiger charge is 2.44. The number of anilines is 1. The van der Waals surface area contributed by atoms with Gasteiger partial charge in [0.2, 0.25) is 11.8 Å². The van der Waals surface area contributed by atoms with Gasteiger partial charge in [-0.3, -0.25) is 14.4 Å². The topological polar surface area (TPSA) is 127 Å². The van der Waals surface area contributed by atoms with Gasteiger partial charge in [0.1, 0.15) is 6.04 Å². The monoisotopic (exact) mass is 401 g/mol. The molecule has 2 aromatic rings. The van der Waals surface area contributed by atoms with Crippen LogP contribution >= 0.6 is 0 Å². The maximum absolute atomic E-state index is 12.9. The Labute approximate surface area is 162 Å². The predicted octanol–water partition coefficient (Wildman–Crippen LogP) is 1.41. The van der Waals surface area contributed by atoms with E-state index < -0.39 is 33.8 Å². The lowest BCUT2D eigenvalue weighted by molar-refractivity contribution is -0.128. The number of para-hydroxylation sites is 1. The summed E-state index contributed by atoms with van der Waals surface area (Å²) >= 11 is 0. The van der Waals surface area contributed by atoms with Crippen molar-refractivity contribution in [3.8, 4) is 0 Å². The quantitative estimate of drug-likeness (QED) is 0.783. The van der Waals surface area contributed by atoms with Gasteiger partial charge in [-0.15, -0.1) is 0 Å². The van der Waals surface area contributed by atoms with Gasteiger partial charge in [0.05, 0.1) is 16.1 Å². The molecule has 1 saturated heterocycles. The molecule has 1 heterocycles. The van der Waals surface area contributed by atoms with E-state index in [9.17, 15) is 22.8 Å². The summed E-state index contributed by atoms with van der Waals surface area (Å²) in [7, 11) is -4.19. The van der Waals surface area contributed by atoms with Crippen LogP contribution in [0.5, 0.6) is 0 Å². The molecule has 1 atom stereocenters. The first-order valence-electron chi connectivity index (χ1n) is 8.55. The molecule has 0 radical (unpaired) electrons. The van der Waals surface area contributed by atoms with Crippen LogP contribution in [0.15, 0.2) is 53.4 Å². The van der Waals surface area contributed by atoms with Gasteiger partial charge in [0, 0.05) is 6.42 Å². The van der Waals surface area contributed by atoms with Crippen LogP contribution in [0.4, 0.5) is 5.69 Å². The molecule has 0 aliphatic carbocycles. The average molecular weight is 401 g/mol. The molecule has 0 saturated carbocycles. The molecule has 8 nitrogen and oxygen atoms in total. The Hall–Kier alpha value is -3.20. The second-order valence-electron chi connectivity index (χ2n) is 6.46. The Morgan fingerprint density at radius 1 is 1.11 bits per heavy atom. The Bertz CT molecular complexity index is 1050. The number of rotatable bonds is 5. The van der Waals surface area contributed by atoms with E-state index >= 15 is 0 Å². The highest BCUT2D eigenvalue weighted by molar-refractivity contribution is 7.89. The highest BCUT2D eigenvalue weighted by Crippen LogP contribution is 2.28. The van der Waals surface area contributed by atoms with Gasteiger partial charge in [-0.25, -0.2) is 12.7 Å². The van der Waals surface area contributed by atoms with Crippen LogP contribution in [-0.4, -0.2) is 36.5 Å². The van der Waals surface area contributed by atoms with Crippen molar-refractivity contribution in [1.29, 1.82) is 0 Å². The van der Waals surface area contributed by atoms with Crippen LogP contribution in [-0.2, 0) is 19.6 Å². The minimum atomic E-state index is -4.19. The van der Waals surface area contributed by atoms with Gasteiger partial charge in [-0.05, 0) is 37.6 Å². The zero-order chi connectivity index (χ0) is 20.5. The first kappa shape index (κ1) is 19.6. The van der Waals surface area contributed by atoms with E-state index in [1.54, 1.807) is 24.3 Å². The van der Waals surface area contributed by atoms with E-state index in [4.69, 9.17) is 5.73 Å². The van der Waals surface area contributed by atoms with Crippen molar-refractivity contribution in [3.05, 3.63) is 59.7 Å². The number of aryl methyl sites for hydroxylation is 1. The highest BCUT2D eigenvalue weighted by atomic mass is 32.2.